The monoisotopic (exact) mass is 298 g/mol. The van der Waals surface area contributed by atoms with Gasteiger partial charge < -0.3 is 10.5 Å². The van der Waals surface area contributed by atoms with Crippen molar-refractivity contribution in [3.8, 4) is 5.75 Å². The molecule has 10 heteroatoms. The molecule has 1 aromatic heterocycles. The number of methoxy groups -OCH3 is 1. The number of aromatic amines is 1. The minimum atomic E-state index is -3.74. The maximum atomic E-state index is 12.2. The summed E-state index contributed by atoms with van der Waals surface area (Å²) in [4.78, 5) is 0.0335. The van der Waals surface area contributed by atoms with Crippen LogP contribution in [0.4, 0.5) is 5.69 Å². The smallest absolute Gasteiger partial charge is 0.241 e. The van der Waals surface area contributed by atoms with E-state index < -0.39 is 16.1 Å². The molecule has 0 aliphatic rings. The van der Waals surface area contributed by atoms with Gasteiger partial charge in [0.15, 0.2) is 5.82 Å². The summed E-state index contributed by atoms with van der Waals surface area (Å²) in [6, 6.07) is 3.59. The van der Waals surface area contributed by atoms with Crippen molar-refractivity contribution in [1.29, 1.82) is 0 Å². The number of ether oxygens (including phenoxy) is 1. The summed E-state index contributed by atoms with van der Waals surface area (Å²) >= 11 is 0. The molecule has 0 amide bonds. The normalized spacial score (nSPS) is 13.1. The van der Waals surface area contributed by atoms with Crippen LogP contribution in [0, 0.1) is 0 Å². The Morgan fingerprint density at radius 2 is 2.20 bits per heavy atom. The number of rotatable bonds is 5. The van der Waals surface area contributed by atoms with Crippen LogP contribution in [-0.2, 0) is 10.0 Å². The first-order valence-corrected chi connectivity index (χ1v) is 7.11. The number of benzene rings is 1. The topological polar surface area (TPSA) is 136 Å². The van der Waals surface area contributed by atoms with E-state index in [2.05, 4.69) is 25.3 Å². The second-order valence-corrected chi connectivity index (χ2v) is 5.73. The highest BCUT2D eigenvalue weighted by molar-refractivity contribution is 7.89. The average molecular weight is 298 g/mol. The Morgan fingerprint density at radius 3 is 2.75 bits per heavy atom. The van der Waals surface area contributed by atoms with Crippen LogP contribution in [0.1, 0.15) is 18.8 Å². The predicted octanol–water partition coefficient (Wildman–Crippen LogP) is -0.170. The van der Waals surface area contributed by atoms with Crippen LogP contribution >= 0.6 is 0 Å². The molecule has 4 N–H and O–H groups in total. The number of aromatic nitrogens is 4. The van der Waals surface area contributed by atoms with Crippen molar-refractivity contribution < 1.29 is 13.2 Å². The maximum absolute atomic E-state index is 12.2. The highest BCUT2D eigenvalue weighted by Gasteiger charge is 2.21. The van der Waals surface area contributed by atoms with Gasteiger partial charge in [-0.2, -0.15) is 5.21 Å². The second-order valence-electron chi connectivity index (χ2n) is 4.02. The highest BCUT2D eigenvalue weighted by Crippen LogP contribution is 2.24. The number of H-pyrrole nitrogens is 1. The van der Waals surface area contributed by atoms with E-state index in [1.165, 1.54) is 25.3 Å². The van der Waals surface area contributed by atoms with Crippen molar-refractivity contribution in [2.75, 3.05) is 12.8 Å². The zero-order valence-electron chi connectivity index (χ0n) is 10.9. The molecule has 0 fully saturated rings. The first-order chi connectivity index (χ1) is 9.44. The molecule has 2 rings (SSSR count). The molecule has 0 spiro atoms. The van der Waals surface area contributed by atoms with Gasteiger partial charge in [-0.1, -0.05) is 5.21 Å². The van der Waals surface area contributed by atoms with Gasteiger partial charge in [0.1, 0.15) is 5.75 Å². The average Bonchev–Trinajstić information content (AvgIpc) is 2.92. The molecule has 0 bridgehead atoms. The molecular weight excluding hydrogens is 284 g/mol. The lowest BCUT2D eigenvalue weighted by Crippen LogP contribution is -2.27. The third kappa shape index (κ3) is 2.86. The minimum absolute atomic E-state index is 0.0335. The van der Waals surface area contributed by atoms with E-state index in [1.807, 2.05) is 0 Å². The van der Waals surface area contributed by atoms with Gasteiger partial charge in [0, 0.05) is 0 Å². The molecule has 0 saturated heterocycles. The molecule has 9 nitrogen and oxygen atoms in total. The summed E-state index contributed by atoms with van der Waals surface area (Å²) in [5, 5.41) is 13.1. The van der Waals surface area contributed by atoms with Crippen molar-refractivity contribution in [2.45, 2.75) is 17.9 Å². The fraction of sp³-hybridized carbons (Fsp3) is 0.300. The number of nitrogen functional groups attached to an aromatic ring is 1. The fourth-order valence-electron chi connectivity index (χ4n) is 1.59. The molecule has 0 aliphatic heterocycles. The van der Waals surface area contributed by atoms with Crippen molar-refractivity contribution >= 4 is 15.7 Å². The van der Waals surface area contributed by atoms with Crippen molar-refractivity contribution in [3.05, 3.63) is 24.0 Å². The Balaban J connectivity index is 2.24. The third-order valence-electron chi connectivity index (χ3n) is 2.59. The second kappa shape index (κ2) is 5.43. The van der Waals surface area contributed by atoms with Gasteiger partial charge in [0.25, 0.3) is 0 Å². The van der Waals surface area contributed by atoms with Gasteiger partial charge >= 0.3 is 0 Å². The number of nitrogens with one attached hydrogen (secondary N) is 2. The first-order valence-electron chi connectivity index (χ1n) is 5.63. The van der Waals surface area contributed by atoms with E-state index >= 15 is 0 Å². The first kappa shape index (κ1) is 14.2. The van der Waals surface area contributed by atoms with E-state index in [0.717, 1.165) is 0 Å². The summed E-state index contributed by atoms with van der Waals surface area (Å²) in [6.07, 6.45) is 0. The van der Waals surface area contributed by atoms with Crippen LogP contribution < -0.4 is 15.2 Å². The van der Waals surface area contributed by atoms with E-state index in [1.54, 1.807) is 6.92 Å². The van der Waals surface area contributed by atoms with Crippen molar-refractivity contribution in [3.63, 3.8) is 0 Å². The highest BCUT2D eigenvalue weighted by atomic mass is 32.2. The molecule has 0 saturated carbocycles. The van der Waals surface area contributed by atoms with E-state index in [4.69, 9.17) is 10.5 Å². The summed E-state index contributed by atoms with van der Waals surface area (Å²) in [6.45, 7) is 1.61. The summed E-state index contributed by atoms with van der Waals surface area (Å²) < 4.78 is 31.8. The lowest BCUT2D eigenvalue weighted by Gasteiger charge is -2.12. The van der Waals surface area contributed by atoms with E-state index in [9.17, 15) is 8.42 Å². The summed E-state index contributed by atoms with van der Waals surface area (Å²) in [5.74, 6) is 0.658. The standard InChI is InChI=1S/C10H14N6O3S/c1-6(10-12-15-16-13-10)14-20(17,18)7-3-4-9(19-2)8(11)5-7/h3-6,14H,11H2,1-2H3,(H,12,13,15,16). The Morgan fingerprint density at radius 1 is 1.45 bits per heavy atom. The number of nitrogens with two attached hydrogens (primary N) is 1. The lowest BCUT2D eigenvalue weighted by atomic mass is 10.3. The lowest BCUT2D eigenvalue weighted by molar-refractivity contribution is 0.416. The molecule has 0 aliphatic carbocycles. The molecule has 2 aromatic rings. The van der Waals surface area contributed by atoms with Crippen LogP contribution in [0.25, 0.3) is 0 Å². The van der Waals surface area contributed by atoms with Crippen molar-refractivity contribution in [1.82, 2.24) is 25.3 Å². The Kier molecular flexibility index (Phi) is 3.86. The van der Waals surface area contributed by atoms with Gasteiger partial charge in [-0.05, 0) is 25.1 Å². The Labute approximate surface area is 115 Å². The molecule has 1 heterocycles. The van der Waals surface area contributed by atoms with Gasteiger partial charge in [-0.3, -0.25) is 0 Å². The van der Waals surface area contributed by atoms with E-state index in [-0.39, 0.29) is 16.4 Å². The van der Waals surface area contributed by atoms with Gasteiger partial charge in [-0.15, -0.1) is 10.2 Å². The van der Waals surface area contributed by atoms with Crippen LogP contribution in [-0.4, -0.2) is 36.2 Å². The molecule has 1 unspecified atom stereocenters. The molecule has 108 valence electrons. The Hall–Kier alpha value is -2.20. The fourth-order valence-corrected chi connectivity index (χ4v) is 2.82. The van der Waals surface area contributed by atoms with Crippen molar-refractivity contribution in [2.24, 2.45) is 0 Å². The largest absolute Gasteiger partial charge is 0.495 e. The number of anilines is 1. The van der Waals surface area contributed by atoms with Gasteiger partial charge in [-0.25, -0.2) is 13.1 Å². The predicted molar refractivity (Wildman–Crippen MR) is 70.3 cm³/mol. The number of tetrazole rings is 1. The SMILES string of the molecule is COc1ccc(S(=O)(=O)NC(C)c2nn[nH]n2)cc1N. The van der Waals surface area contributed by atoms with Crippen LogP contribution in [0.15, 0.2) is 23.1 Å². The quantitative estimate of drug-likeness (QED) is 0.652. The van der Waals surface area contributed by atoms with Gasteiger partial charge in [0.05, 0.1) is 23.7 Å². The number of nitrogens with zero attached hydrogens (tertiary/aromatic N) is 3. The summed E-state index contributed by atoms with van der Waals surface area (Å²) in [5.41, 5.74) is 5.94. The number of sulfonamides is 1. The summed E-state index contributed by atoms with van der Waals surface area (Å²) in [7, 11) is -2.29. The maximum Gasteiger partial charge on any atom is 0.241 e. The Bertz CT molecular complexity index is 685. The zero-order chi connectivity index (χ0) is 14.8. The zero-order valence-corrected chi connectivity index (χ0v) is 11.7. The minimum Gasteiger partial charge on any atom is -0.495 e. The number of hydrogen-bond donors (Lipinski definition) is 3. The molecule has 20 heavy (non-hydrogen) atoms. The molecule has 1 atom stereocenters. The van der Waals surface area contributed by atoms with Crippen LogP contribution in [0.2, 0.25) is 0 Å². The van der Waals surface area contributed by atoms with E-state index in [0.29, 0.717) is 5.75 Å². The third-order valence-corrected chi connectivity index (χ3v) is 4.13. The van der Waals surface area contributed by atoms with Crippen LogP contribution in [0.3, 0.4) is 0 Å². The number of hydrogen-bond acceptors (Lipinski definition) is 7. The molecule has 1 aromatic carbocycles. The van der Waals surface area contributed by atoms with Crippen LogP contribution in [0.5, 0.6) is 5.75 Å². The molecular formula is C10H14N6O3S. The van der Waals surface area contributed by atoms with Gasteiger partial charge in [0.2, 0.25) is 10.0 Å². The molecule has 0 radical (unpaired) electrons.